The van der Waals surface area contributed by atoms with Crippen molar-refractivity contribution in [2.24, 2.45) is 0 Å². The molecule has 2 aliphatic heterocycles. The number of amides is 2. The predicted octanol–water partition coefficient (Wildman–Crippen LogP) is -0.253. The van der Waals surface area contributed by atoms with E-state index < -0.39 is 11.6 Å². The van der Waals surface area contributed by atoms with Crippen LogP contribution in [0, 0.1) is 0 Å². The van der Waals surface area contributed by atoms with Gasteiger partial charge in [-0.3, -0.25) is 14.3 Å². The molecule has 1 atom stereocenters. The van der Waals surface area contributed by atoms with Crippen LogP contribution in [-0.2, 0) is 15.1 Å². The van der Waals surface area contributed by atoms with E-state index in [1.54, 1.807) is 10.9 Å². The second-order valence-electron chi connectivity index (χ2n) is 6.05. The standard InChI is InChI=1S/C15H23N5O2/c21-13-12(4-1-2-7-17-13)19-14(22)15(5-9-16-10-6-15)20-11-3-8-18-20/h3,8,11-12,16H,1-2,4-7,9-10H2,(H,17,21)(H,19,22). The molecular formula is C15H23N5O2. The molecule has 0 saturated carbocycles. The number of nitrogens with one attached hydrogen (secondary N) is 3. The van der Waals surface area contributed by atoms with Crippen molar-refractivity contribution in [3.63, 3.8) is 0 Å². The summed E-state index contributed by atoms with van der Waals surface area (Å²) in [5.74, 6) is -0.171. The molecule has 3 N–H and O–H groups in total. The summed E-state index contributed by atoms with van der Waals surface area (Å²) in [4.78, 5) is 25.0. The zero-order valence-corrected chi connectivity index (χ0v) is 12.7. The third kappa shape index (κ3) is 2.85. The predicted molar refractivity (Wildman–Crippen MR) is 81.1 cm³/mol. The van der Waals surface area contributed by atoms with Crippen LogP contribution in [0.5, 0.6) is 0 Å². The van der Waals surface area contributed by atoms with Gasteiger partial charge in [-0.05, 0) is 51.3 Å². The lowest BCUT2D eigenvalue weighted by Gasteiger charge is -2.37. The molecule has 1 unspecified atom stereocenters. The first-order chi connectivity index (χ1) is 10.7. The molecule has 3 heterocycles. The third-order valence-electron chi connectivity index (χ3n) is 4.64. The van der Waals surface area contributed by atoms with Crippen molar-refractivity contribution < 1.29 is 9.59 Å². The Morgan fingerprint density at radius 3 is 2.86 bits per heavy atom. The molecule has 1 aromatic heterocycles. The fourth-order valence-corrected chi connectivity index (χ4v) is 3.29. The van der Waals surface area contributed by atoms with Crippen molar-refractivity contribution in [3.8, 4) is 0 Å². The number of rotatable bonds is 3. The largest absolute Gasteiger partial charge is 0.354 e. The van der Waals surface area contributed by atoms with E-state index in [1.807, 2.05) is 12.3 Å². The topological polar surface area (TPSA) is 88.1 Å². The van der Waals surface area contributed by atoms with Gasteiger partial charge in [-0.25, -0.2) is 0 Å². The average molecular weight is 305 g/mol. The summed E-state index contributed by atoms with van der Waals surface area (Å²) in [5.41, 5.74) is -0.693. The van der Waals surface area contributed by atoms with E-state index in [2.05, 4.69) is 21.0 Å². The van der Waals surface area contributed by atoms with Gasteiger partial charge in [-0.2, -0.15) is 5.10 Å². The SMILES string of the molecule is O=C1NCCCCC1NC(=O)C1(n2cccn2)CCNCC1. The van der Waals surface area contributed by atoms with Crippen molar-refractivity contribution in [3.05, 3.63) is 18.5 Å². The molecule has 1 aromatic rings. The average Bonchev–Trinajstić information content (AvgIpc) is 3.01. The summed E-state index contributed by atoms with van der Waals surface area (Å²) in [7, 11) is 0. The van der Waals surface area contributed by atoms with Gasteiger partial charge in [0.05, 0.1) is 0 Å². The van der Waals surface area contributed by atoms with E-state index in [0.29, 0.717) is 25.8 Å². The quantitative estimate of drug-likeness (QED) is 0.718. The Kier molecular flexibility index (Phi) is 4.42. The van der Waals surface area contributed by atoms with Crippen LogP contribution in [-0.4, -0.2) is 47.3 Å². The fourth-order valence-electron chi connectivity index (χ4n) is 3.29. The van der Waals surface area contributed by atoms with Gasteiger partial charge in [0, 0.05) is 18.9 Å². The van der Waals surface area contributed by atoms with Crippen molar-refractivity contribution in [1.82, 2.24) is 25.7 Å². The third-order valence-corrected chi connectivity index (χ3v) is 4.64. The summed E-state index contributed by atoms with van der Waals surface area (Å²) < 4.78 is 1.75. The fraction of sp³-hybridized carbons (Fsp3) is 0.667. The van der Waals surface area contributed by atoms with E-state index in [1.165, 1.54) is 0 Å². The summed E-state index contributed by atoms with van der Waals surface area (Å²) in [6.45, 7) is 2.23. The Morgan fingerprint density at radius 2 is 2.14 bits per heavy atom. The highest BCUT2D eigenvalue weighted by Crippen LogP contribution is 2.27. The van der Waals surface area contributed by atoms with Crippen LogP contribution >= 0.6 is 0 Å². The highest BCUT2D eigenvalue weighted by molar-refractivity contribution is 5.91. The van der Waals surface area contributed by atoms with Gasteiger partial charge in [0.2, 0.25) is 11.8 Å². The number of nitrogens with zero attached hydrogens (tertiary/aromatic N) is 2. The summed E-state index contributed by atoms with van der Waals surface area (Å²) >= 11 is 0. The maximum absolute atomic E-state index is 13.0. The second kappa shape index (κ2) is 6.48. The van der Waals surface area contributed by atoms with Crippen LogP contribution in [0.2, 0.25) is 0 Å². The Labute approximate surface area is 129 Å². The van der Waals surface area contributed by atoms with E-state index >= 15 is 0 Å². The van der Waals surface area contributed by atoms with Gasteiger partial charge < -0.3 is 16.0 Å². The van der Waals surface area contributed by atoms with Crippen molar-refractivity contribution in [2.75, 3.05) is 19.6 Å². The minimum Gasteiger partial charge on any atom is -0.354 e. The molecule has 22 heavy (non-hydrogen) atoms. The van der Waals surface area contributed by atoms with Crippen LogP contribution in [0.15, 0.2) is 18.5 Å². The zero-order chi connectivity index (χ0) is 15.4. The maximum Gasteiger partial charge on any atom is 0.248 e. The molecule has 2 saturated heterocycles. The van der Waals surface area contributed by atoms with E-state index in [0.717, 1.165) is 25.9 Å². The van der Waals surface area contributed by atoms with Gasteiger partial charge in [-0.1, -0.05) is 0 Å². The molecule has 2 amide bonds. The first-order valence-corrected chi connectivity index (χ1v) is 8.02. The molecule has 120 valence electrons. The Hall–Kier alpha value is -1.89. The molecule has 2 fully saturated rings. The summed E-state index contributed by atoms with van der Waals surface area (Å²) in [6.07, 6.45) is 7.48. The normalized spacial score (nSPS) is 25.1. The van der Waals surface area contributed by atoms with Crippen LogP contribution < -0.4 is 16.0 Å². The number of hydrogen-bond donors (Lipinski definition) is 3. The molecule has 0 spiro atoms. The number of carbonyl (C=O) groups excluding carboxylic acids is 2. The van der Waals surface area contributed by atoms with Crippen LogP contribution in [0.25, 0.3) is 0 Å². The Morgan fingerprint density at radius 1 is 1.32 bits per heavy atom. The van der Waals surface area contributed by atoms with Gasteiger partial charge in [-0.15, -0.1) is 0 Å². The first-order valence-electron chi connectivity index (χ1n) is 8.02. The van der Waals surface area contributed by atoms with Gasteiger partial charge in [0.15, 0.2) is 0 Å². The van der Waals surface area contributed by atoms with Gasteiger partial charge in [0.25, 0.3) is 0 Å². The monoisotopic (exact) mass is 305 g/mol. The van der Waals surface area contributed by atoms with E-state index in [9.17, 15) is 9.59 Å². The molecule has 7 nitrogen and oxygen atoms in total. The minimum absolute atomic E-state index is 0.0737. The first kappa shape index (κ1) is 15.0. The van der Waals surface area contributed by atoms with Gasteiger partial charge in [0.1, 0.15) is 11.6 Å². The molecule has 7 heteroatoms. The molecule has 2 aliphatic rings. The van der Waals surface area contributed by atoms with E-state index in [4.69, 9.17) is 0 Å². The Balaban J connectivity index is 1.79. The number of piperidine rings is 1. The van der Waals surface area contributed by atoms with Gasteiger partial charge >= 0.3 is 0 Å². The number of carbonyl (C=O) groups is 2. The van der Waals surface area contributed by atoms with Crippen molar-refractivity contribution >= 4 is 11.8 Å². The molecule has 3 rings (SSSR count). The minimum atomic E-state index is -0.693. The van der Waals surface area contributed by atoms with Crippen molar-refractivity contribution in [2.45, 2.75) is 43.7 Å². The lowest BCUT2D eigenvalue weighted by atomic mass is 9.87. The molecule has 0 aromatic carbocycles. The summed E-state index contributed by atoms with van der Waals surface area (Å²) in [6, 6.07) is 1.40. The lowest BCUT2D eigenvalue weighted by molar-refractivity contribution is -0.136. The molecular weight excluding hydrogens is 282 g/mol. The Bertz CT molecular complexity index is 522. The molecule has 0 aliphatic carbocycles. The maximum atomic E-state index is 13.0. The number of aromatic nitrogens is 2. The van der Waals surface area contributed by atoms with Crippen LogP contribution in [0.3, 0.4) is 0 Å². The summed E-state index contributed by atoms with van der Waals surface area (Å²) in [5, 5.41) is 13.4. The van der Waals surface area contributed by atoms with Crippen molar-refractivity contribution in [1.29, 1.82) is 0 Å². The molecule has 0 bridgehead atoms. The zero-order valence-electron chi connectivity index (χ0n) is 12.7. The highest BCUT2D eigenvalue weighted by Gasteiger charge is 2.43. The second-order valence-corrected chi connectivity index (χ2v) is 6.05. The van der Waals surface area contributed by atoms with Crippen LogP contribution in [0.1, 0.15) is 32.1 Å². The van der Waals surface area contributed by atoms with E-state index in [-0.39, 0.29) is 11.8 Å². The lowest BCUT2D eigenvalue weighted by Crippen LogP contribution is -2.58. The highest BCUT2D eigenvalue weighted by atomic mass is 16.2. The molecule has 0 radical (unpaired) electrons. The smallest absolute Gasteiger partial charge is 0.248 e. The number of hydrogen-bond acceptors (Lipinski definition) is 4. The van der Waals surface area contributed by atoms with Crippen LogP contribution in [0.4, 0.5) is 0 Å².